The van der Waals surface area contributed by atoms with Crippen molar-refractivity contribution in [3.05, 3.63) is 47.5 Å². The molecule has 2 aromatic heterocycles. The van der Waals surface area contributed by atoms with Gasteiger partial charge in [0.25, 0.3) is 0 Å². The van der Waals surface area contributed by atoms with Crippen LogP contribution in [0, 0.1) is 18.3 Å². The molecule has 0 amide bonds. The molecule has 2 heterocycles. The summed E-state index contributed by atoms with van der Waals surface area (Å²) in [5.41, 5.74) is 0.960. The summed E-state index contributed by atoms with van der Waals surface area (Å²) in [5, 5.41) is 11.7. The second-order valence-corrected chi connectivity index (χ2v) is 3.40. The van der Waals surface area contributed by atoms with Crippen molar-refractivity contribution in [1.82, 2.24) is 4.98 Å². The molecule has 0 saturated heterocycles. The molecular formula is C12H11N3O. The first-order valence-electron chi connectivity index (χ1n) is 4.94. The molecule has 0 unspecified atom stereocenters. The van der Waals surface area contributed by atoms with Gasteiger partial charge in [0, 0.05) is 5.69 Å². The maximum absolute atomic E-state index is 8.60. The van der Waals surface area contributed by atoms with Crippen LogP contribution in [-0.2, 0) is 6.54 Å². The molecule has 0 bridgehead atoms. The predicted molar refractivity (Wildman–Crippen MR) is 59.7 cm³/mol. The summed E-state index contributed by atoms with van der Waals surface area (Å²) >= 11 is 0. The first-order chi connectivity index (χ1) is 7.78. The average molecular weight is 213 g/mol. The molecular weight excluding hydrogens is 202 g/mol. The molecule has 1 N–H and O–H groups in total. The molecule has 0 aliphatic heterocycles. The van der Waals surface area contributed by atoms with E-state index in [1.54, 1.807) is 12.1 Å². The Morgan fingerprint density at radius 2 is 2.25 bits per heavy atom. The SMILES string of the molecule is Cc1cccc(NCc2ccc(C#N)o2)n1. The Bertz CT molecular complexity index is 525. The van der Waals surface area contributed by atoms with Crippen molar-refractivity contribution in [2.24, 2.45) is 0 Å². The van der Waals surface area contributed by atoms with Gasteiger partial charge in [0.2, 0.25) is 5.76 Å². The minimum Gasteiger partial charge on any atom is -0.449 e. The number of aromatic nitrogens is 1. The minimum atomic E-state index is 0.328. The third-order valence-corrected chi connectivity index (χ3v) is 2.10. The van der Waals surface area contributed by atoms with Crippen molar-refractivity contribution in [3.63, 3.8) is 0 Å². The van der Waals surface area contributed by atoms with Crippen molar-refractivity contribution < 1.29 is 4.42 Å². The molecule has 0 spiro atoms. The molecule has 0 aliphatic carbocycles. The van der Waals surface area contributed by atoms with Crippen molar-refractivity contribution in [3.8, 4) is 6.07 Å². The molecule has 4 heteroatoms. The van der Waals surface area contributed by atoms with E-state index < -0.39 is 0 Å². The molecule has 16 heavy (non-hydrogen) atoms. The second-order valence-electron chi connectivity index (χ2n) is 3.40. The van der Waals surface area contributed by atoms with E-state index in [0.29, 0.717) is 12.3 Å². The van der Waals surface area contributed by atoms with Gasteiger partial charge in [0.05, 0.1) is 6.54 Å². The van der Waals surface area contributed by atoms with E-state index in [-0.39, 0.29) is 0 Å². The number of pyridine rings is 1. The Kier molecular flexibility index (Phi) is 2.88. The summed E-state index contributed by atoms with van der Waals surface area (Å²) in [4.78, 5) is 4.30. The van der Waals surface area contributed by atoms with Crippen LogP contribution in [0.3, 0.4) is 0 Å². The van der Waals surface area contributed by atoms with Crippen LogP contribution in [-0.4, -0.2) is 4.98 Å². The summed E-state index contributed by atoms with van der Waals surface area (Å²) in [6, 6.07) is 11.1. The Balaban J connectivity index is 2.00. The summed E-state index contributed by atoms with van der Waals surface area (Å²) in [7, 11) is 0. The smallest absolute Gasteiger partial charge is 0.203 e. The van der Waals surface area contributed by atoms with Crippen molar-refractivity contribution in [2.75, 3.05) is 5.32 Å². The van der Waals surface area contributed by atoms with Crippen molar-refractivity contribution in [1.29, 1.82) is 5.26 Å². The fourth-order valence-electron chi connectivity index (χ4n) is 1.35. The van der Waals surface area contributed by atoms with Crippen LogP contribution in [0.1, 0.15) is 17.2 Å². The largest absolute Gasteiger partial charge is 0.449 e. The maximum Gasteiger partial charge on any atom is 0.203 e. The van der Waals surface area contributed by atoms with Crippen LogP contribution in [0.25, 0.3) is 0 Å². The predicted octanol–water partition coefficient (Wildman–Crippen LogP) is 2.47. The van der Waals surface area contributed by atoms with Gasteiger partial charge in [-0.3, -0.25) is 0 Å². The number of aryl methyl sites for hydroxylation is 1. The highest BCUT2D eigenvalue weighted by Gasteiger charge is 2.01. The first kappa shape index (κ1) is 10.2. The van der Waals surface area contributed by atoms with E-state index in [9.17, 15) is 0 Å². The summed E-state index contributed by atoms with van der Waals surface area (Å²) in [5.74, 6) is 1.85. The summed E-state index contributed by atoms with van der Waals surface area (Å²) in [6.07, 6.45) is 0. The topological polar surface area (TPSA) is 61.9 Å². The third kappa shape index (κ3) is 2.39. The van der Waals surface area contributed by atoms with Gasteiger partial charge in [-0.05, 0) is 31.2 Å². The number of rotatable bonds is 3. The van der Waals surface area contributed by atoms with Crippen LogP contribution >= 0.6 is 0 Å². The zero-order chi connectivity index (χ0) is 11.4. The Labute approximate surface area is 93.5 Å². The van der Waals surface area contributed by atoms with Gasteiger partial charge in [-0.1, -0.05) is 6.07 Å². The molecule has 0 saturated carbocycles. The van der Waals surface area contributed by atoms with Crippen LogP contribution in [0.15, 0.2) is 34.7 Å². The van der Waals surface area contributed by atoms with E-state index >= 15 is 0 Å². The zero-order valence-electron chi connectivity index (χ0n) is 8.90. The van der Waals surface area contributed by atoms with E-state index in [0.717, 1.165) is 17.3 Å². The number of anilines is 1. The number of hydrogen-bond acceptors (Lipinski definition) is 4. The number of hydrogen-bond donors (Lipinski definition) is 1. The first-order valence-corrected chi connectivity index (χ1v) is 4.94. The number of nitrogens with zero attached hydrogens (tertiary/aromatic N) is 2. The van der Waals surface area contributed by atoms with E-state index in [1.807, 2.05) is 31.2 Å². The van der Waals surface area contributed by atoms with Gasteiger partial charge in [0.1, 0.15) is 17.6 Å². The van der Waals surface area contributed by atoms with Crippen LogP contribution in [0.2, 0.25) is 0 Å². The normalized spacial score (nSPS) is 9.75. The average Bonchev–Trinajstić information content (AvgIpc) is 2.74. The quantitative estimate of drug-likeness (QED) is 0.850. The van der Waals surface area contributed by atoms with Gasteiger partial charge in [-0.25, -0.2) is 4.98 Å². The van der Waals surface area contributed by atoms with Gasteiger partial charge in [0.15, 0.2) is 0 Å². The molecule has 0 aliphatic rings. The molecule has 2 aromatic rings. The van der Waals surface area contributed by atoms with Crippen LogP contribution in [0.5, 0.6) is 0 Å². The summed E-state index contributed by atoms with van der Waals surface area (Å²) < 4.78 is 5.23. The lowest BCUT2D eigenvalue weighted by atomic mass is 10.3. The minimum absolute atomic E-state index is 0.328. The van der Waals surface area contributed by atoms with Crippen LogP contribution < -0.4 is 5.32 Å². The highest BCUT2D eigenvalue weighted by Crippen LogP contribution is 2.10. The van der Waals surface area contributed by atoms with Crippen molar-refractivity contribution in [2.45, 2.75) is 13.5 Å². The molecule has 2 rings (SSSR count). The number of nitrogens with one attached hydrogen (secondary N) is 1. The van der Waals surface area contributed by atoms with Gasteiger partial charge < -0.3 is 9.73 Å². The molecule has 0 atom stereocenters. The molecule has 80 valence electrons. The van der Waals surface area contributed by atoms with Gasteiger partial charge >= 0.3 is 0 Å². The standard InChI is InChI=1S/C12H11N3O/c1-9-3-2-4-12(15-9)14-8-11-6-5-10(7-13)16-11/h2-6H,8H2,1H3,(H,14,15). The van der Waals surface area contributed by atoms with Gasteiger partial charge in [-0.15, -0.1) is 0 Å². The van der Waals surface area contributed by atoms with E-state index in [1.165, 1.54) is 0 Å². The Morgan fingerprint density at radius 1 is 1.38 bits per heavy atom. The maximum atomic E-state index is 8.60. The lowest BCUT2D eigenvalue weighted by Gasteiger charge is -2.03. The molecule has 0 fully saturated rings. The Morgan fingerprint density at radius 3 is 2.94 bits per heavy atom. The highest BCUT2D eigenvalue weighted by molar-refractivity contribution is 5.35. The lowest BCUT2D eigenvalue weighted by Crippen LogP contribution is -2.00. The zero-order valence-corrected chi connectivity index (χ0v) is 8.90. The lowest BCUT2D eigenvalue weighted by molar-refractivity contribution is 0.506. The molecule has 0 radical (unpaired) electrons. The monoisotopic (exact) mass is 213 g/mol. The third-order valence-electron chi connectivity index (χ3n) is 2.10. The Hall–Kier alpha value is -2.28. The van der Waals surface area contributed by atoms with E-state index in [4.69, 9.17) is 9.68 Å². The fourth-order valence-corrected chi connectivity index (χ4v) is 1.35. The molecule has 0 aromatic carbocycles. The van der Waals surface area contributed by atoms with Gasteiger partial charge in [-0.2, -0.15) is 5.26 Å². The number of nitriles is 1. The molecule has 4 nitrogen and oxygen atoms in total. The summed E-state index contributed by atoms with van der Waals surface area (Å²) in [6.45, 7) is 2.46. The fraction of sp³-hybridized carbons (Fsp3) is 0.167. The second kappa shape index (κ2) is 4.49. The van der Waals surface area contributed by atoms with Crippen molar-refractivity contribution >= 4 is 5.82 Å². The van der Waals surface area contributed by atoms with Crippen LogP contribution in [0.4, 0.5) is 5.82 Å². The van der Waals surface area contributed by atoms with E-state index in [2.05, 4.69) is 10.3 Å². The highest BCUT2D eigenvalue weighted by atomic mass is 16.3. The number of furan rings is 1.